The van der Waals surface area contributed by atoms with Crippen molar-refractivity contribution in [3.63, 3.8) is 0 Å². The number of halogens is 2. The molecule has 0 aliphatic carbocycles. The van der Waals surface area contributed by atoms with Crippen LogP contribution in [0, 0.1) is 6.92 Å². The van der Waals surface area contributed by atoms with Gasteiger partial charge in [0, 0.05) is 37.8 Å². The molecule has 0 spiro atoms. The minimum atomic E-state index is 0. The Balaban J connectivity index is 0.00000200. The molecule has 2 rings (SSSR count). The number of hydrogen-bond donors (Lipinski definition) is 2. The molecule has 0 aromatic heterocycles. The number of nitrogens with one attached hydrogen (secondary N) is 1. The highest BCUT2D eigenvalue weighted by Gasteiger charge is 2.23. The molecular weight excluding hydrogens is 307 g/mol. The molecule has 2 N–H and O–H groups in total. The molecule has 0 saturated carbocycles. The lowest BCUT2D eigenvalue weighted by atomic mass is 9.96. The van der Waals surface area contributed by atoms with Gasteiger partial charge >= 0.3 is 0 Å². The molecule has 122 valence electrons. The molecule has 1 saturated heterocycles. The first-order valence-corrected chi connectivity index (χ1v) is 7.46. The fourth-order valence-electron chi connectivity index (χ4n) is 2.87. The predicted molar refractivity (Wildman–Crippen MR) is 94.0 cm³/mol. The standard InChI is InChI=1S/C16H26N2O.2ClH/c1-3-4-5-15(18-10-8-17-9-11-18)14-12-13(2)6-7-16(14)19;;/h6-7,12,15,17,19H,3-5,8-11H2,1-2H3;2*1H/t15-;;/m0../s1. The maximum Gasteiger partial charge on any atom is 0.120 e. The minimum absolute atomic E-state index is 0. The smallest absolute Gasteiger partial charge is 0.120 e. The Labute approximate surface area is 140 Å². The van der Waals surface area contributed by atoms with E-state index in [2.05, 4.69) is 30.1 Å². The molecule has 3 nitrogen and oxygen atoms in total. The third kappa shape index (κ3) is 5.67. The van der Waals surface area contributed by atoms with Crippen molar-refractivity contribution in [2.75, 3.05) is 26.2 Å². The van der Waals surface area contributed by atoms with Crippen molar-refractivity contribution in [2.24, 2.45) is 0 Å². The summed E-state index contributed by atoms with van der Waals surface area (Å²) in [6, 6.07) is 6.33. The summed E-state index contributed by atoms with van der Waals surface area (Å²) in [7, 11) is 0. The van der Waals surface area contributed by atoms with Crippen molar-refractivity contribution < 1.29 is 5.11 Å². The fraction of sp³-hybridized carbons (Fsp3) is 0.625. The van der Waals surface area contributed by atoms with Gasteiger partial charge in [0.2, 0.25) is 0 Å². The van der Waals surface area contributed by atoms with Crippen LogP contribution < -0.4 is 5.32 Å². The van der Waals surface area contributed by atoms with E-state index in [4.69, 9.17) is 0 Å². The Bertz CT molecular complexity index is 409. The molecule has 1 aromatic rings. The van der Waals surface area contributed by atoms with E-state index in [1.54, 1.807) is 0 Å². The predicted octanol–water partition coefficient (Wildman–Crippen LogP) is 3.68. The number of phenols is 1. The van der Waals surface area contributed by atoms with Gasteiger partial charge in [-0.2, -0.15) is 0 Å². The second-order valence-electron chi connectivity index (χ2n) is 5.51. The molecule has 1 heterocycles. The van der Waals surface area contributed by atoms with Gasteiger partial charge in [0.25, 0.3) is 0 Å². The highest BCUT2D eigenvalue weighted by Crippen LogP contribution is 2.33. The van der Waals surface area contributed by atoms with Crippen molar-refractivity contribution in [3.05, 3.63) is 29.3 Å². The second kappa shape index (κ2) is 10.3. The van der Waals surface area contributed by atoms with Crippen molar-refractivity contribution >= 4 is 24.8 Å². The molecule has 1 fully saturated rings. The molecule has 0 unspecified atom stereocenters. The van der Waals surface area contributed by atoms with Gasteiger partial charge in [-0.05, 0) is 19.4 Å². The van der Waals surface area contributed by atoms with Gasteiger partial charge in [-0.15, -0.1) is 24.8 Å². The van der Waals surface area contributed by atoms with E-state index in [0.29, 0.717) is 11.8 Å². The summed E-state index contributed by atoms with van der Waals surface area (Å²) in [6.45, 7) is 8.57. The lowest BCUT2D eigenvalue weighted by Gasteiger charge is -2.35. The van der Waals surface area contributed by atoms with Gasteiger partial charge in [0.05, 0.1) is 0 Å². The first-order chi connectivity index (χ1) is 9.22. The largest absolute Gasteiger partial charge is 0.508 e. The van der Waals surface area contributed by atoms with Gasteiger partial charge in [-0.1, -0.05) is 37.5 Å². The molecule has 0 radical (unpaired) electrons. The number of aromatic hydroxyl groups is 1. The van der Waals surface area contributed by atoms with Crippen molar-refractivity contribution in [1.82, 2.24) is 10.2 Å². The van der Waals surface area contributed by atoms with E-state index < -0.39 is 0 Å². The normalized spacial score (nSPS) is 16.7. The fourth-order valence-corrected chi connectivity index (χ4v) is 2.87. The second-order valence-corrected chi connectivity index (χ2v) is 5.51. The van der Waals surface area contributed by atoms with Crippen LogP contribution in [0.15, 0.2) is 18.2 Å². The third-order valence-electron chi connectivity index (χ3n) is 3.97. The van der Waals surface area contributed by atoms with E-state index in [9.17, 15) is 5.11 Å². The average molecular weight is 335 g/mol. The highest BCUT2D eigenvalue weighted by atomic mass is 35.5. The van der Waals surface area contributed by atoms with E-state index in [1.165, 1.54) is 18.4 Å². The summed E-state index contributed by atoms with van der Waals surface area (Å²) >= 11 is 0. The zero-order chi connectivity index (χ0) is 13.7. The Kier molecular flexibility index (Phi) is 10.0. The van der Waals surface area contributed by atoms with Crippen LogP contribution in [0.3, 0.4) is 0 Å². The quantitative estimate of drug-likeness (QED) is 0.862. The van der Waals surface area contributed by atoms with Gasteiger partial charge in [-0.3, -0.25) is 4.90 Å². The lowest BCUT2D eigenvalue weighted by molar-refractivity contribution is 0.160. The van der Waals surface area contributed by atoms with Crippen LogP contribution >= 0.6 is 24.8 Å². The molecular formula is C16H28Cl2N2O. The van der Waals surface area contributed by atoms with Crippen molar-refractivity contribution in [2.45, 2.75) is 39.2 Å². The number of piperazine rings is 1. The molecule has 1 aliphatic heterocycles. The van der Waals surface area contributed by atoms with Gasteiger partial charge in [0.1, 0.15) is 5.75 Å². The molecule has 1 aromatic carbocycles. The Hall–Kier alpha value is -0.480. The monoisotopic (exact) mass is 334 g/mol. The van der Waals surface area contributed by atoms with E-state index in [0.717, 1.165) is 38.2 Å². The first kappa shape index (κ1) is 20.5. The number of benzene rings is 1. The first-order valence-electron chi connectivity index (χ1n) is 7.46. The summed E-state index contributed by atoms with van der Waals surface area (Å²) < 4.78 is 0. The molecule has 21 heavy (non-hydrogen) atoms. The number of hydrogen-bond acceptors (Lipinski definition) is 3. The van der Waals surface area contributed by atoms with E-state index in [1.807, 2.05) is 12.1 Å². The third-order valence-corrected chi connectivity index (χ3v) is 3.97. The van der Waals surface area contributed by atoms with Crippen molar-refractivity contribution in [1.29, 1.82) is 0 Å². The molecule has 0 bridgehead atoms. The molecule has 1 atom stereocenters. The van der Waals surface area contributed by atoms with Crippen LogP contribution in [0.1, 0.15) is 43.4 Å². The minimum Gasteiger partial charge on any atom is -0.508 e. The molecule has 5 heteroatoms. The van der Waals surface area contributed by atoms with Crippen molar-refractivity contribution in [3.8, 4) is 5.75 Å². The number of rotatable bonds is 5. The number of aryl methyl sites for hydroxylation is 1. The maximum absolute atomic E-state index is 10.2. The summed E-state index contributed by atoms with van der Waals surface area (Å²) in [4.78, 5) is 2.51. The SMILES string of the molecule is CCCC[C@@H](c1cc(C)ccc1O)N1CCNCC1.Cl.Cl. The van der Waals surface area contributed by atoms with Crippen LogP contribution in [-0.4, -0.2) is 36.2 Å². The van der Waals surface area contributed by atoms with E-state index in [-0.39, 0.29) is 24.8 Å². The summed E-state index contributed by atoms with van der Waals surface area (Å²) in [5, 5.41) is 13.6. The Morgan fingerprint density at radius 3 is 2.52 bits per heavy atom. The number of nitrogens with zero attached hydrogens (tertiary/aromatic N) is 1. The van der Waals surface area contributed by atoms with Crippen LogP contribution in [0.4, 0.5) is 0 Å². The van der Waals surface area contributed by atoms with Crippen LogP contribution in [0.5, 0.6) is 5.75 Å². The van der Waals surface area contributed by atoms with Gasteiger partial charge in [-0.25, -0.2) is 0 Å². The van der Waals surface area contributed by atoms with Gasteiger partial charge in [0.15, 0.2) is 0 Å². The summed E-state index contributed by atoms with van der Waals surface area (Å²) in [5.41, 5.74) is 2.33. The Morgan fingerprint density at radius 2 is 1.90 bits per heavy atom. The average Bonchev–Trinajstić information content (AvgIpc) is 2.44. The molecule has 1 aliphatic rings. The zero-order valence-corrected chi connectivity index (χ0v) is 14.6. The van der Waals surface area contributed by atoms with Crippen LogP contribution in [-0.2, 0) is 0 Å². The number of unbranched alkanes of at least 4 members (excludes halogenated alkanes) is 1. The molecule has 0 amide bonds. The topological polar surface area (TPSA) is 35.5 Å². The van der Waals surface area contributed by atoms with Gasteiger partial charge < -0.3 is 10.4 Å². The lowest BCUT2D eigenvalue weighted by Crippen LogP contribution is -2.45. The van der Waals surface area contributed by atoms with Crippen LogP contribution in [0.25, 0.3) is 0 Å². The highest BCUT2D eigenvalue weighted by molar-refractivity contribution is 5.85. The zero-order valence-electron chi connectivity index (χ0n) is 13.0. The van der Waals surface area contributed by atoms with Crippen LogP contribution in [0.2, 0.25) is 0 Å². The Morgan fingerprint density at radius 1 is 1.24 bits per heavy atom. The summed E-state index contributed by atoms with van der Waals surface area (Å²) in [6.07, 6.45) is 3.55. The van der Waals surface area contributed by atoms with E-state index >= 15 is 0 Å². The summed E-state index contributed by atoms with van der Waals surface area (Å²) in [5.74, 6) is 0.449. The number of phenolic OH excluding ortho intramolecular Hbond substituents is 1. The maximum atomic E-state index is 10.2.